The summed E-state index contributed by atoms with van der Waals surface area (Å²) in [5.74, 6) is -0.591. The highest BCUT2D eigenvalue weighted by Crippen LogP contribution is 2.27. The Labute approximate surface area is 126 Å². The van der Waals surface area contributed by atoms with Crippen LogP contribution in [-0.4, -0.2) is 50.0 Å². The predicted molar refractivity (Wildman–Crippen MR) is 72.2 cm³/mol. The number of rotatable bonds is 4. The molecule has 1 N–H and O–H groups in total. The maximum atomic E-state index is 12.4. The summed E-state index contributed by atoms with van der Waals surface area (Å²) in [6, 6.07) is 5.75. The maximum Gasteiger partial charge on any atom is 0.573 e. The predicted octanol–water partition coefficient (Wildman–Crippen LogP) is 1.53. The van der Waals surface area contributed by atoms with E-state index in [1.807, 2.05) is 0 Å². The van der Waals surface area contributed by atoms with Crippen LogP contribution in [0.5, 0.6) is 5.75 Å². The minimum atomic E-state index is -4.77. The molecule has 2 rings (SSSR count). The topological polar surface area (TPSA) is 50.8 Å². The summed E-state index contributed by atoms with van der Waals surface area (Å²) >= 11 is 0. The molecule has 1 aromatic carbocycles. The molecule has 1 atom stereocenters. The molecular weight excluding hydrogens is 301 g/mol. The van der Waals surface area contributed by atoms with Crippen LogP contribution in [0.3, 0.4) is 0 Å². The Hall–Kier alpha value is -1.80. The van der Waals surface area contributed by atoms with Crippen LogP contribution in [0.15, 0.2) is 24.3 Å². The zero-order valence-corrected chi connectivity index (χ0v) is 12.0. The second kappa shape index (κ2) is 6.97. The molecule has 0 aliphatic carbocycles. The van der Waals surface area contributed by atoms with E-state index < -0.39 is 12.5 Å². The largest absolute Gasteiger partial charge is 0.573 e. The number of amides is 1. The molecule has 1 unspecified atom stereocenters. The first-order valence-electron chi connectivity index (χ1n) is 6.78. The van der Waals surface area contributed by atoms with E-state index in [0.29, 0.717) is 19.7 Å². The molecule has 8 heteroatoms. The highest BCUT2D eigenvalue weighted by atomic mass is 19.4. The summed E-state index contributed by atoms with van der Waals surface area (Å²) in [6.45, 7) is 1.50. The van der Waals surface area contributed by atoms with Crippen LogP contribution >= 0.6 is 0 Å². The van der Waals surface area contributed by atoms with E-state index in [0.717, 1.165) is 0 Å². The minimum Gasteiger partial charge on any atom is -0.405 e. The first-order chi connectivity index (χ1) is 10.4. The Morgan fingerprint density at radius 3 is 2.82 bits per heavy atom. The van der Waals surface area contributed by atoms with Gasteiger partial charge in [0, 0.05) is 32.2 Å². The first-order valence-corrected chi connectivity index (χ1v) is 6.78. The van der Waals surface area contributed by atoms with Crippen molar-refractivity contribution in [3.63, 3.8) is 0 Å². The standard InChI is InChI=1S/C14H17F3N2O3/c1-19(13(20)12-8-18-6-7-21-12)9-10-4-2-3-5-11(10)22-14(15,16)17/h2-5,12,18H,6-9H2,1H3. The van der Waals surface area contributed by atoms with Gasteiger partial charge >= 0.3 is 6.36 Å². The molecule has 0 saturated carbocycles. The summed E-state index contributed by atoms with van der Waals surface area (Å²) in [4.78, 5) is 13.5. The van der Waals surface area contributed by atoms with Gasteiger partial charge in [-0.1, -0.05) is 18.2 Å². The van der Waals surface area contributed by atoms with E-state index in [4.69, 9.17) is 4.74 Å². The van der Waals surface area contributed by atoms with Gasteiger partial charge in [0.1, 0.15) is 11.9 Å². The summed E-state index contributed by atoms with van der Waals surface area (Å²) in [5.41, 5.74) is 0.277. The quantitative estimate of drug-likeness (QED) is 0.915. The fraction of sp³-hybridized carbons (Fsp3) is 0.500. The molecule has 5 nitrogen and oxygen atoms in total. The molecule has 122 valence electrons. The molecular formula is C14H17F3N2O3. The van der Waals surface area contributed by atoms with Gasteiger partial charge in [-0.2, -0.15) is 0 Å². The van der Waals surface area contributed by atoms with E-state index in [1.165, 1.54) is 30.1 Å². The van der Waals surface area contributed by atoms with Crippen LogP contribution < -0.4 is 10.1 Å². The average molecular weight is 318 g/mol. The summed E-state index contributed by atoms with van der Waals surface area (Å²) < 4.78 is 46.5. The van der Waals surface area contributed by atoms with Crippen molar-refractivity contribution in [2.45, 2.75) is 19.0 Å². The van der Waals surface area contributed by atoms with E-state index in [9.17, 15) is 18.0 Å². The van der Waals surface area contributed by atoms with Crippen molar-refractivity contribution >= 4 is 5.91 Å². The highest BCUT2D eigenvalue weighted by molar-refractivity contribution is 5.81. The number of benzene rings is 1. The lowest BCUT2D eigenvalue weighted by Crippen LogP contribution is -2.48. The van der Waals surface area contributed by atoms with Crippen molar-refractivity contribution in [3.05, 3.63) is 29.8 Å². The van der Waals surface area contributed by atoms with Crippen LogP contribution in [0.4, 0.5) is 13.2 Å². The lowest BCUT2D eigenvalue weighted by Gasteiger charge is -2.27. The van der Waals surface area contributed by atoms with Gasteiger partial charge in [-0.3, -0.25) is 4.79 Å². The van der Waals surface area contributed by atoms with Gasteiger partial charge in [-0.05, 0) is 6.07 Å². The average Bonchev–Trinajstić information content (AvgIpc) is 2.48. The number of hydrogen-bond donors (Lipinski definition) is 1. The summed E-state index contributed by atoms with van der Waals surface area (Å²) in [7, 11) is 1.52. The lowest BCUT2D eigenvalue weighted by molar-refractivity contribution is -0.275. The third kappa shape index (κ3) is 4.60. The monoisotopic (exact) mass is 318 g/mol. The summed E-state index contributed by atoms with van der Waals surface area (Å²) in [6.07, 6.45) is -5.39. The number of likely N-dealkylation sites (N-methyl/N-ethyl adjacent to an activating group) is 1. The van der Waals surface area contributed by atoms with Gasteiger partial charge in [0.05, 0.1) is 6.61 Å². The smallest absolute Gasteiger partial charge is 0.405 e. The Morgan fingerprint density at radius 2 is 2.18 bits per heavy atom. The molecule has 0 aromatic heterocycles. The zero-order chi connectivity index (χ0) is 16.2. The fourth-order valence-corrected chi connectivity index (χ4v) is 2.16. The van der Waals surface area contributed by atoms with Crippen molar-refractivity contribution in [2.24, 2.45) is 0 Å². The molecule has 0 bridgehead atoms. The number of ether oxygens (including phenoxy) is 2. The number of nitrogens with one attached hydrogen (secondary N) is 1. The Balaban J connectivity index is 2.04. The third-order valence-corrected chi connectivity index (χ3v) is 3.19. The van der Waals surface area contributed by atoms with Crippen LogP contribution in [0.25, 0.3) is 0 Å². The SMILES string of the molecule is CN(Cc1ccccc1OC(F)(F)F)C(=O)C1CNCCO1. The second-order valence-corrected chi connectivity index (χ2v) is 4.91. The van der Waals surface area contributed by atoms with Gasteiger partial charge < -0.3 is 19.7 Å². The van der Waals surface area contributed by atoms with Crippen molar-refractivity contribution < 1.29 is 27.4 Å². The summed E-state index contributed by atoms with van der Waals surface area (Å²) in [5, 5.41) is 3.03. The molecule has 0 spiro atoms. The molecule has 1 heterocycles. The van der Waals surface area contributed by atoms with E-state index in [1.54, 1.807) is 6.07 Å². The molecule has 22 heavy (non-hydrogen) atoms. The zero-order valence-electron chi connectivity index (χ0n) is 12.0. The number of alkyl halides is 3. The highest BCUT2D eigenvalue weighted by Gasteiger charge is 2.32. The van der Waals surface area contributed by atoms with Gasteiger partial charge in [0.25, 0.3) is 5.91 Å². The van der Waals surface area contributed by atoms with Crippen molar-refractivity contribution in [3.8, 4) is 5.75 Å². The van der Waals surface area contributed by atoms with Crippen LogP contribution in [0, 0.1) is 0 Å². The van der Waals surface area contributed by atoms with Crippen LogP contribution in [-0.2, 0) is 16.1 Å². The van der Waals surface area contributed by atoms with Gasteiger partial charge in [-0.25, -0.2) is 0 Å². The molecule has 1 aromatic rings. The third-order valence-electron chi connectivity index (χ3n) is 3.19. The molecule has 1 saturated heterocycles. The van der Waals surface area contributed by atoms with E-state index in [2.05, 4.69) is 10.1 Å². The van der Waals surface area contributed by atoms with Crippen molar-refractivity contribution in [1.29, 1.82) is 0 Å². The Kier molecular flexibility index (Phi) is 5.25. The normalized spacial score (nSPS) is 18.8. The molecule has 1 aliphatic rings. The number of halogens is 3. The maximum absolute atomic E-state index is 12.4. The number of nitrogens with zero attached hydrogens (tertiary/aromatic N) is 1. The van der Waals surface area contributed by atoms with Crippen LogP contribution in [0.1, 0.15) is 5.56 Å². The van der Waals surface area contributed by atoms with Crippen molar-refractivity contribution in [1.82, 2.24) is 10.2 Å². The first kappa shape index (κ1) is 16.6. The van der Waals surface area contributed by atoms with Crippen LogP contribution in [0.2, 0.25) is 0 Å². The number of carbonyl (C=O) groups excluding carboxylic acids is 1. The second-order valence-electron chi connectivity index (χ2n) is 4.91. The Bertz CT molecular complexity index is 516. The number of para-hydroxylation sites is 1. The molecule has 1 aliphatic heterocycles. The minimum absolute atomic E-state index is 0.00491. The number of hydrogen-bond acceptors (Lipinski definition) is 4. The molecule has 1 amide bonds. The van der Waals surface area contributed by atoms with Gasteiger partial charge in [0.2, 0.25) is 0 Å². The number of morpholine rings is 1. The van der Waals surface area contributed by atoms with E-state index >= 15 is 0 Å². The molecule has 0 radical (unpaired) electrons. The van der Waals surface area contributed by atoms with Crippen molar-refractivity contribution in [2.75, 3.05) is 26.7 Å². The van der Waals surface area contributed by atoms with E-state index in [-0.39, 0.29) is 23.8 Å². The molecule has 1 fully saturated rings. The Morgan fingerprint density at radius 1 is 1.45 bits per heavy atom. The lowest BCUT2D eigenvalue weighted by atomic mass is 10.1. The van der Waals surface area contributed by atoms with Gasteiger partial charge in [-0.15, -0.1) is 13.2 Å². The van der Waals surface area contributed by atoms with Gasteiger partial charge in [0.15, 0.2) is 0 Å². The number of carbonyl (C=O) groups is 1. The fourth-order valence-electron chi connectivity index (χ4n) is 2.16.